The van der Waals surface area contributed by atoms with Crippen LogP contribution in [0.3, 0.4) is 0 Å². The van der Waals surface area contributed by atoms with Gasteiger partial charge in [-0.2, -0.15) is 0 Å². The minimum absolute atomic E-state index is 0.0133. The average molecular weight is 380 g/mol. The highest BCUT2D eigenvalue weighted by Gasteiger charge is 2.26. The summed E-state index contributed by atoms with van der Waals surface area (Å²) in [6.45, 7) is 1.75. The van der Waals surface area contributed by atoms with Crippen molar-refractivity contribution in [2.24, 2.45) is 7.05 Å². The van der Waals surface area contributed by atoms with Gasteiger partial charge in [0.2, 0.25) is 5.95 Å². The van der Waals surface area contributed by atoms with E-state index >= 15 is 0 Å². The predicted octanol–water partition coefficient (Wildman–Crippen LogP) is 2.95. The largest absolute Gasteiger partial charge is 0.380 e. The minimum Gasteiger partial charge on any atom is -0.380 e. The van der Waals surface area contributed by atoms with Crippen LogP contribution in [0.5, 0.6) is 0 Å². The highest BCUT2D eigenvalue weighted by Crippen LogP contribution is 2.31. The Labute approximate surface area is 162 Å². The van der Waals surface area contributed by atoms with Crippen LogP contribution >= 0.6 is 0 Å². The molecule has 0 radical (unpaired) electrons. The number of aromatic nitrogens is 3. The summed E-state index contributed by atoms with van der Waals surface area (Å²) in [5.41, 5.74) is 1.45. The first-order valence-corrected chi connectivity index (χ1v) is 9.22. The molecule has 0 N–H and O–H groups in total. The molecule has 0 bridgehead atoms. The summed E-state index contributed by atoms with van der Waals surface area (Å²) in [5.74, 6) is -0.00826. The first-order chi connectivity index (χ1) is 13.6. The van der Waals surface area contributed by atoms with Crippen LogP contribution in [-0.4, -0.2) is 34.3 Å². The van der Waals surface area contributed by atoms with Crippen molar-refractivity contribution >= 4 is 5.95 Å². The molecule has 4 rings (SSSR count). The van der Waals surface area contributed by atoms with Crippen molar-refractivity contribution in [2.75, 3.05) is 24.7 Å². The second-order valence-electron chi connectivity index (χ2n) is 6.72. The van der Waals surface area contributed by atoms with Crippen molar-refractivity contribution < 1.29 is 9.13 Å². The van der Waals surface area contributed by atoms with Gasteiger partial charge < -0.3 is 9.64 Å². The van der Waals surface area contributed by atoms with E-state index in [1.165, 1.54) is 22.9 Å². The third-order valence-corrected chi connectivity index (χ3v) is 4.99. The van der Waals surface area contributed by atoms with E-state index in [4.69, 9.17) is 4.74 Å². The van der Waals surface area contributed by atoms with Crippen LogP contribution < -0.4 is 10.5 Å². The molecule has 1 saturated heterocycles. The first-order valence-electron chi connectivity index (χ1n) is 9.22. The lowest BCUT2D eigenvalue weighted by Gasteiger charge is -2.32. The summed E-state index contributed by atoms with van der Waals surface area (Å²) >= 11 is 0. The molecule has 3 heterocycles. The summed E-state index contributed by atoms with van der Waals surface area (Å²) in [6, 6.07) is 13.0. The Morgan fingerprint density at radius 3 is 2.79 bits per heavy atom. The molecule has 0 spiro atoms. The molecule has 1 fully saturated rings. The lowest BCUT2D eigenvalue weighted by molar-refractivity contribution is 0.150. The summed E-state index contributed by atoms with van der Waals surface area (Å²) in [5, 5.41) is 0. The monoisotopic (exact) mass is 380 g/mol. The SMILES string of the molecule is Cn1c(N2CCOCC[C@H]2c2ccccc2)nc(-c2ccncc2F)cc1=O. The Balaban J connectivity index is 1.84. The molecule has 1 atom stereocenters. The average Bonchev–Trinajstić information content (AvgIpc) is 2.97. The third-order valence-electron chi connectivity index (χ3n) is 4.99. The van der Waals surface area contributed by atoms with Crippen LogP contribution in [0.15, 0.2) is 59.7 Å². The second kappa shape index (κ2) is 7.90. The van der Waals surface area contributed by atoms with E-state index in [2.05, 4.69) is 27.0 Å². The van der Waals surface area contributed by atoms with E-state index < -0.39 is 5.82 Å². The maximum Gasteiger partial charge on any atom is 0.255 e. The maximum absolute atomic E-state index is 14.2. The molecular weight excluding hydrogens is 359 g/mol. The first kappa shape index (κ1) is 18.3. The lowest BCUT2D eigenvalue weighted by Crippen LogP contribution is -2.36. The van der Waals surface area contributed by atoms with E-state index in [-0.39, 0.29) is 17.2 Å². The number of nitrogens with zero attached hydrogens (tertiary/aromatic N) is 4. The third kappa shape index (κ3) is 3.53. The Hall–Kier alpha value is -3.06. The quantitative estimate of drug-likeness (QED) is 0.699. The zero-order chi connectivity index (χ0) is 19.5. The number of ether oxygens (including phenoxy) is 1. The van der Waals surface area contributed by atoms with Gasteiger partial charge in [0, 0.05) is 38.0 Å². The van der Waals surface area contributed by atoms with Crippen molar-refractivity contribution in [3.8, 4) is 11.3 Å². The van der Waals surface area contributed by atoms with Crippen LogP contribution in [-0.2, 0) is 11.8 Å². The number of halogens is 1. The minimum atomic E-state index is -0.506. The van der Waals surface area contributed by atoms with E-state index in [9.17, 15) is 9.18 Å². The van der Waals surface area contributed by atoms with Gasteiger partial charge in [0.15, 0.2) is 5.82 Å². The van der Waals surface area contributed by atoms with Gasteiger partial charge in [-0.15, -0.1) is 0 Å². The smallest absolute Gasteiger partial charge is 0.255 e. The Morgan fingerprint density at radius 1 is 1.18 bits per heavy atom. The van der Waals surface area contributed by atoms with Gasteiger partial charge in [-0.3, -0.25) is 14.3 Å². The fourth-order valence-electron chi connectivity index (χ4n) is 3.54. The zero-order valence-corrected chi connectivity index (χ0v) is 15.6. The van der Waals surface area contributed by atoms with Crippen molar-refractivity contribution in [1.29, 1.82) is 0 Å². The summed E-state index contributed by atoms with van der Waals surface area (Å²) in [6.07, 6.45) is 3.39. The molecule has 28 heavy (non-hydrogen) atoms. The van der Waals surface area contributed by atoms with E-state index in [1.807, 2.05) is 18.2 Å². The van der Waals surface area contributed by atoms with Gasteiger partial charge in [-0.1, -0.05) is 30.3 Å². The summed E-state index contributed by atoms with van der Waals surface area (Å²) < 4.78 is 21.4. The summed E-state index contributed by atoms with van der Waals surface area (Å²) in [4.78, 5) is 23.2. The maximum atomic E-state index is 14.2. The van der Waals surface area contributed by atoms with Crippen LogP contribution in [0, 0.1) is 5.82 Å². The highest BCUT2D eigenvalue weighted by atomic mass is 19.1. The van der Waals surface area contributed by atoms with Gasteiger partial charge in [-0.05, 0) is 18.1 Å². The van der Waals surface area contributed by atoms with Gasteiger partial charge in [0.1, 0.15) is 0 Å². The fourth-order valence-corrected chi connectivity index (χ4v) is 3.54. The normalized spacial score (nSPS) is 17.4. The Kier molecular flexibility index (Phi) is 5.16. The molecule has 6 nitrogen and oxygen atoms in total. The number of pyridine rings is 1. The van der Waals surface area contributed by atoms with Crippen LogP contribution in [0.25, 0.3) is 11.3 Å². The van der Waals surface area contributed by atoms with Crippen molar-refractivity contribution in [3.05, 3.63) is 76.6 Å². The van der Waals surface area contributed by atoms with Gasteiger partial charge >= 0.3 is 0 Å². The molecule has 0 saturated carbocycles. The molecule has 0 amide bonds. The van der Waals surface area contributed by atoms with Gasteiger partial charge in [0.25, 0.3) is 5.56 Å². The molecule has 1 aromatic carbocycles. The molecule has 0 unspecified atom stereocenters. The number of rotatable bonds is 3. The molecule has 3 aromatic rings. The molecule has 144 valence electrons. The number of benzene rings is 1. The van der Waals surface area contributed by atoms with E-state index in [0.29, 0.717) is 31.4 Å². The van der Waals surface area contributed by atoms with E-state index in [0.717, 1.165) is 18.2 Å². The molecule has 1 aliphatic rings. The lowest BCUT2D eigenvalue weighted by atomic mass is 10.0. The number of hydrogen-bond acceptors (Lipinski definition) is 5. The molecule has 7 heteroatoms. The Bertz CT molecular complexity index is 1020. The van der Waals surface area contributed by atoms with Gasteiger partial charge in [0.05, 0.1) is 24.5 Å². The predicted molar refractivity (Wildman–Crippen MR) is 105 cm³/mol. The molecule has 1 aliphatic heterocycles. The Morgan fingerprint density at radius 2 is 2.00 bits per heavy atom. The fraction of sp³-hybridized carbons (Fsp3) is 0.286. The van der Waals surface area contributed by atoms with E-state index in [1.54, 1.807) is 7.05 Å². The molecule has 0 aliphatic carbocycles. The molecular formula is C21H21FN4O2. The van der Waals surface area contributed by atoms with Crippen LogP contribution in [0.1, 0.15) is 18.0 Å². The number of anilines is 1. The van der Waals surface area contributed by atoms with Crippen molar-refractivity contribution in [2.45, 2.75) is 12.5 Å². The highest BCUT2D eigenvalue weighted by molar-refractivity contribution is 5.60. The second-order valence-corrected chi connectivity index (χ2v) is 6.72. The standard InChI is InChI=1S/C21H21FN4O2/c1-25-20(27)13-18(16-7-9-23-14-17(16)22)24-21(25)26-10-12-28-11-8-19(26)15-5-3-2-4-6-15/h2-7,9,13-14,19H,8,10-12H2,1H3/t19-/m0/s1. The van der Waals surface area contributed by atoms with Crippen LogP contribution in [0.4, 0.5) is 10.3 Å². The van der Waals surface area contributed by atoms with Gasteiger partial charge in [-0.25, -0.2) is 9.37 Å². The van der Waals surface area contributed by atoms with Crippen molar-refractivity contribution in [1.82, 2.24) is 14.5 Å². The van der Waals surface area contributed by atoms with Crippen LogP contribution in [0.2, 0.25) is 0 Å². The number of hydrogen-bond donors (Lipinski definition) is 0. The zero-order valence-electron chi connectivity index (χ0n) is 15.6. The molecule has 2 aromatic heterocycles. The topological polar surface area (TPSA) is 60.2 Å². The summed E-state index contributed by atoms with van der Waals surface area (Å²) in [7, 11) is 1.69. The van der Waals surface area contributed by atoms with Crippen molar-refractivity contribution in [3.63, 3.8) is 0 Å².